The lowest BCUT2D eigenvalue weighted by molar-refractivity contribution is -0.123. The molecule has 0 aliphatic carbocycles. The van der Waals surface area contributed by atoms with E-state index in [1.54, 1.807) is 10.9 Å². The molecule has 2 aliphatic heterocycles. The van der Waals surface area contributed by atoms with Gasteiger partial charge in [0.15, 0.2) is 5.65 Å². The van der Waals surface area contributed by atoms with Crippen molar-refractivity contribution in [2.24, 2.45) is 13.0 Å². The lowest BCUT2D eigenvalue weighted by Crippen LogP contribution is -2.46. The summed E-state index contributed by atoms with van der Waals surface area (Å²) in [4.78, 5) is 31.5. The van der Waals surface area contributed by atoms with Gasteiger partial charge in [0.2, 0.25) is 5.91 Å². The van der Waals surface area contributed by atoms with Gasteiger partial charge in [-0.05, 0) is 51.1 Å². The number of piperidine rings is 1. The number of aromatic nitrogens is 3. The second-order valence-corrected chi connectivity index (χ2v) is 7.96. The number of aryl methyl sites for hydroxylation is 2. The van der Waals surface area contributed by atoms with E-state index in [4.69, 9.17) is 0 Å². The minimum atomic E-state index is -0.0538. The number of pyridine rings is 1. The molecule has 2 amide bonds. The van der Waals surface area contributed by atoms with Crippen LogP contribution in [0.15, 0.2) is 12.3 Å². The van der Waals surface area contributed by atoms with Gasteiger partial charge in [-0.2, -0.15) is 5.10 Å². The fourth-order valence-electron chi connectivity index (χ4n) is 4.30. The molecule has 2 N–H and O–H groups in total. The van der Waals surface area contributed by atoms with Crippen LogP contribution in [-0.2, 0) is 11.8 Å². The number of carbonyl (C=O) groups excluding carboxylic acids is 2. The largest absolute Gasteiger partial charge is 0.354 e. The van der Waals surface area contributed by atoms with E-state index < -0.39 is 0 Å². The van der Waals surface area contributed by atoms with Gasteiger partial charge in [0.05, 0.1) is 17.3 Å². The van der Waals surface area contributed by atoms with Gasteiger partial charge in [-0.25, -0.2) is 4.98 Å². The molecule has 2 atom stereocenters. The minimum Gasteiger partial charge on any atom is -0.354 e. The first kappa shape index (κ1) is 18.9. The fourth-order valence-corrected chi connectivity index (χ4v) is 4.30. The standard InChI is InChI=1S/C20H28N6O2/c1-13-16-9-15(11-22-18(16)25(2)24-13)20(28)26-8-4-5-14(12-26)10-23-19(27)17-6-3-7-21-17/h9,11,14,17,21H,3-8,10,12H2,1-2H3,(H,23,27). The van der Waals surface area contributed by atoms with E-state index in [1.807, 2.05) is 24.9 Å². The van der Waals surface area contributed by atoms with Crippen LogP contribution in [-0.4, -0.2) is 63.7 Å². The molecule has 0 bridgehead atoms. The Hall–Kier alpha value is -2.48. The summed E-state index contributed by atoms with van der Waals surface area (Å²) in [6.45, 7) is 4.88. The number of likely N-dealkylation sites (tertiary alicyclic amines) is 1. The molecule has 4 heterocycles. The molecule has 8 nitrogen and oxygen atoms in total. The van der Waals surface area contributed by atoms with Crippen LogP contribution in [0.2, 0.25) is 0 Å². The molecular formula is C20H28N6O2. The molecule has 2 fully saturated rings. The molecule has 150 valence electrons. The lowest BCUT2D eigenvalue weighted by Gasteiger charge is -2.33. The van der Waals surface area contributed by atoms with Crippen LogP contribution < -0.4 is 10.6 Å². The molecule has 2 unspecified atom stereocenters. The third kappa shape index (κ3) is 3.73. The summed E-state index contributed by atoms with van der Waals surface area (Å²) in [6, 6.07) is 1.84. The Labute approximate surface area is 164 Å². The third-order valence-corrected chi connectivity index (χ3v) is 5.86. The monoisotopic (exact) mass is 384 g/mol. The molecule has 0 radical (unpaired) electrons. The van der Waals surface area contributed by atoms with Crippen molar-refractivity contribution in [1.82, 2.24) is 30.3 Å². The predicted octanol–water partition coefficient (Wildman–Crippen LogP) is 0.997. The van der Waals surface area contributed by atoms with E-state index in [0.29, 0.717) is 24.6 Å². The second kappa shape index (κ2) is 7.87. The van der Waals surface area contributed by atoms with E-state index in [9.17, 15) is 9.59 Å². The molecule has 0 aromatic carbocycles. The highest BCUT2D eigenvalue weighted by Gasteiger charge is 2.27. The molecule has 4 rings (SSSR count). The van der Waals surface area contributed by atoms with E-state index in [2.05, 4.69) is 20.7 Å². The number of hydrogen-bond donors (Lipinski definition) is 2. The van der Waals surface area contributed by atoms with Crippen LogP contribution >= 0.6 is 0 Å². The van der Waals surface area contributed by atoms with Crippen LogP contribution in [0.5, 0.6) is 0 Å². The zero-order chi connectivity index (χ0) is 19.7. The van der Waals surface area contributed by atoms with Crippen molar-refractivity contribution < 1.29 is 9.59 Å². The van der Waals surface area contributed by atoms with E-state index in [0.717, 1.165) is 55.5 Å². The van der Waals surface area contributed by atoms with Gasteiger partial charge in [0.25, 0.3) is 5.91 Å². The number of amides is 2. The number of hydrogen-bond acceptors (Lipinski definition) is 5. The molecule has 28 heavy (non-hydrogen) atoms. The number of nitrogens with zero attached hydrogens (tertiary/aromatic N) is 4. The van der Waals surface area contributed by atoms with Gasteiger partial charge in [0, 0.05) is 38.3 Å². The highest BCUT2D eigenvalue weighted by Crippen LogP contribution is 2.21. The average molecular weight is 384 g/mol. The third-order valence-electron chi connectivity index (χ3n) is 5.86. The summed E-state index contributed by atoms with van der Waals surface area (Å²) in [7, 11) is 1.86. The van der Waals surface area contributed by atoms with Crippen LogP contribution in [0.4, 0.5) is 0 Å². The number of carbonyl (C=O) groups is 2. The van der Waals surface area contributed by atoms with Crippen LogP contribution in [0.1, 0.15) is 41.7 Å². The summed E-state index contributed by atoms with van der Waals surface area (Å²) < 4.78 is 1.73. The first-order valence-corrected chi connectivity index (χ1v) is 10.1. The van der Waals surface area contributed by atoms with Crippen molar-refractivity contribution >= 4 is 22.8 Å². The fraction of sp³-hybridized carbons (Fsp3) is 0.600. The van der Waals surface area contributed by atoms with Crippen LogP contribution in [0.3, 0.4) is 0 Å². The number of nitrogens with one attached hydrogen (secondary N) is 2. The molecule has 0 spiro atoms. The van der Waals surface area contributed by atoms with Gasteiger partial charge in [-0.3, -0.25) is 14.3 Å². The summed E-state index contributed by atoms with van der Waals surface area (Å²) >= 11 is 0. The number of rotatable bonds is 4. The maximum absolute atomic E-state index is 13.0. The Morgan fingerprint density at radius 3 is 2.96 bits per heavy atom. The zero-order valence-electron chi connectivity index (χ0n) is 16.6. The van der Waals surface area contributed by atoms with Gasteiger partial charge < -0.3 is 15.5 Å². The molecular weight excluding hydrogens is 356 g/mol. The second-order valence-electron chi connectivity index (χ2n) is 7.96. The lowest BCUT2D eigenvalue weighted by atomic mass is 9.97. The van der Waals surface area contributed by atoms with Crippen LogP contribution in [0, 0.1) is 12.8 Å². The smallest absolute Gasteiger partial charge is 0.255 e. The zero-order valence-corrected chi connectivity index (χ0v) is 16.6. The highest BCUT2D eigenvalue weighted by atomic mass is 16.2. The number of fused-ring (bicyclic) bond motifs is 1. The van der Waals surface area contributed by atoms with E-state index in [-0.39, 0.29) is 17.9 Å². The molecule has 2 aliphatic rings. The SMILES string of the molecule is Cc1nn(C)c2ncc(C(=O)N3CCCC(CNC(=O)C4CCCN4)C3)cc12. The molecule has 0 saturated carbocycles. The Balaban J connectivity index is 1.39. The Morgan fingerprint density at radius 1 is 1.32 bits per heavy atom. The molecule has 2 aromatic rings. The van der Waals surface area contributed by atoms with Gasteiger partial charge in [0.1, 0.15) is 0 Å². The summed E-state index contributed by atoms with van der Waals surface area (Å²) in [6.07, 6.45) is 5.59. The predicted molar refractivity (Wildman–Crippen MR) is 106 cm³/mol. The van der Waals surface area contributed by atoms with Crippen molar-refractivity contribution in [3.05, 3.63) is 23.5 Å². The topological polar surface area (TPSA) is 92.2 Å². The summed E-state index contributed by atoms with van der Waals surface area (Å²) in [5.41, 5.74) is 2.26. The Morgan fingerprint density at radius 2 is 2.18 bits per heavy atom. The van der Waals surface area contributed by atoms with Crippen molar-refractivity contribution in [2.75, 3.05) is 26.2 Å². The molecule has 2 saturated heterocycles. The molecule has 8 heteroatoms. The van der Waals surface area contributed by atoms with Crippen molar-refractivity contribution in [3.63, 3.8) is 0 Å². The highest BCUT2D eigenvalue weighted by molar-refractivity contribution is 5.97. The maximum atomic E-state index is 13.0. The molecule has 2 aromatic heterocycles. The average Bonchev–Trinajstić information content (AvgIpc) is 3.34. The van der Waals surface area contributed by atoms with Crippen LogP contribution in [0.25, 0.3) is 11.0 Å². The normalized spacial score (nSPS) is 22.6. The van der Waals surface area contributed by atoms with Gasteiger partial charge >= 0.3 is 0 Å². The quantitative estimate of drug-likeness (QED) is 0.820. The van der Waals surface area contributed by atoms with Crippen molar-refractivity contribution in [1.29, 1.82) is 0 Å². The Kier molecular flexibility index (Phi) is 5.30. The Bertz CT molecular complexity index is 886. The summed E-state index contributed by atoms with van der Waals surface area (Å²) in [5, 5.41) is 11.6. The van der Waals surface area contributed by atoms with Gasteiger partial charge in [-0.15, -0.1) is 0 Å². The first-order chi connectivity index (χ1) is 13.5. The van der Waals surface area contributed by atoms with E-state index in [1.165, 1.54) is 0 Å². The first-order valence-electron chi connectivity index (χ1n) is 10.1. The maximum Gasteiger partial charge on any atom is 0.255 e. The summed E-state index contributed by atoms with van der Waals surface area (Å²) in [5.74, 6) is 0.383. The van der Waals surface area contributed by atoms with Crippen molar-refractivity contribution in [3.8, 4) is 0 Å². The van der Waals surface area contributed by atoms with Gasteiger partial charge in [-0.1, -0.05) is 0 Å². The van der Waals surface area contributed by atoms with Crippen molar-refractivity contribution in [2.45, 2.75) is 38.6 Å². The van der Waals surface area contributed by atoms with E-state index >= 15 is 0 Å². The minimum absolute atomic E-state index is 0.00568.